The number of nitrogens with zero attached hydrogens (tertiary/aromatic N) is 5. The molecule has 21 heavy (non-hydrogen) atoms. The average molecular weight is 286 g/mol. The van der Waals surface area contributed by atoms with Crippen LogP contribution in [0.1, 0.15) is 0 Å². The lowest BCUT2D eigenvalue weighted by molar-refractivity contribution is 0.438. The Labute approximate surface area is 119 Å². The van der Waals surface area contributed by atoms with Gasteiger partial charge in [0.15, 0.2) is 0 Å². The molecule has 8 heteroatoms. The molecule has 0 saturated carbocycles. The molecule has 2 aromatic heterocycles. The lowest BCUT2D eigenvalue weighted by Crippen LogP contribution is -2.06. The van der Waals surface area contributed by atoms with Gasteiger partial charge in [0.2, 0.25) is 11.9 Å². The van der Waals surface area contributed by atoms with Gasteiger partial charge >= 0.3 is 6.01 Å². The highest BCUT2D eigenvalue weighted by Gasteiger charge is 2.09. The Bertz CT molecular complexity index is 729. The summed E-state index contributed by atoms with van der Waals surface area (Å²) in [5.74, 6) is 0.809. The third-order valence-corrected chi connectivity index (χ3v) is 2.58. The van der Waals surface area contributed by atoms with Gasteiger partial charge < -0.3 is 10.1 Å². The summed E-state index contributed by atoms with van der Waals surface area (Å²) in [5.41, 5.74) is 0. The van der Waals surface area contributed by atoms with E-state index in [-0.39, 0.29) is 11.8 Å². The van der Waals surface area contributed by atoms with Gasteiger partial charge in [0.25, 0.3) is 0 Å². The summed E-state index contributed by atoms with van der Waals surface area (Å²) in [7, 11) is 1.69. The van der Waals surface area contributed by atoms with Crippen molar-refractivity contribution in [3.05, 3.63) is 48.8 Å². The summed E-state index contributed by atoms with van der Waals surface area (Å²) in [6.07, 6.45) is 4.89. The van der Waals surface area contributed by atoms with E-state index >= 15 is 0 Å². The van der Waals surface area contributed by atoms with Gasteiger partial charge in [-0.2, -0.15) is 15.0 Å². The molecule has 0 aliphatic heterocycles. The number of nitrogens with one attached hydrogen (secondary N) is 1. The van der Waals surface area contributed by atoms with Crippen LogP contribution in [0.25, 0.3) is 5.95 Å². The van der Waals surface area contributed by atoms with E-state index in [9.17, 15) is 4.39 Å². The molecule has 0 amide bonds. The minimum absolute atomic E-state index is 0.102. The fraction of sp³-hybridized carbons (Fsp3) is 0.0769. The first-order valence-electron chi connectivity index (χ1n) is 6.10. The lowest BCUT2D eigenvalue weighted by atomic mass is 10.3. The van der Waals surface area contributed by atoms with Crippen molar-refractivity contribution in [3.8, 4) is 17.7 Å². The standard InChI is InChI=1S/C13H11FN6O/c1-15-11-17-12(20-7-6-16-8-20)19-13(18-11)21-10-4-2-9(14)3-5-10/h2-8H,1H3,(H,15,17,18,19). The number of aromatic nitrogens is 5. The molecule has 0 aliphatic carbocycles. The highest BCUT2D eigenvalue weighted by atomic mass is 19.1. The highest BCUT2D eigenvalue weighted by Crippen LogP contribution is 2.19. The quantitative estimate of drug-likeness (QED) is 0.790. The minimum Gasteiger partial charge on any atom is -0.424 e. The number of hydrogen-bond acceptors (Lipinski definition) is 6. The molecule has 0 bridgehead atoms. The van der Waals surface area contributed by atoms with Crippen LogP contribution in [0.2, 0.25) is 0 Å². The van der Waals surface area contributed by atoms with Crippen molar-refractivity contribution in [2.45, 2.75) is 0 Å². The summed E-state index contributed by atoms with van der Waals surface area (Å²) in [4.78, 5) is 16.4. The monoisotopic (exact) mass is 286 g/mol. The molecule has 7 nitrogen and oxygen atoms in total. The normalized spacial score (nSPS) is 10.4. The maximum absolute atomic E-state index is 12.9. The van der Waals surface area contributed by atoms with Crippen LogP contribution in [0.3, 0.4) is 0 Å². The van der Waals surface area contributed by atoms with Gasteiger partial charge in [-0.25, -0.2) is 9.37 Å². The first kappa shape index (κ1) is 13.0. The van der Waals surface area contributed by atoms with Crippen LogP contribution in [0.4, 0.5) is 10.3 Å². The second-order valence-corrected chi connectivity index (χ2v) is 4.02. The van der Waals surface area contributed by atoms with Gasteiger partial charge in [0.1, 0.15) is 17.9 Å². The zero-order valence-electron chi connectivity index (χ0n) is 11.1. The minimum atomic E-state index is -0.340. The zero-order valence-corrected chi connectivity index (χ0v) is 11.1. The molecule has 3 aromatic rings. The number of benzene rings is 1. The van der Waals surface area contributed by atoms with Crippen LogP contribution < -0.4 is 10.1 Å². The average Bonchev–Trinajstić information content (AvgIpc) is 3.04. The van der Waals surface area contributed by atoms with Gasteiger partial charge in [-0.3, -0.25) is 4.57 Å². The smallest absolute Gasteiger partial charge is 0.328 e. The number of anilines is 1. The molecule has 106 valence electrons. The molecule has 0 saturated heterocycles. The Morgan fingerprint density at radius 2 is 1.95 bits per heavy atom. The number of hydrogen-bond donors (Lipinski definition) is 1. The molecule has 0 aliphatic rings. The molecule has 0 atom stereocenters. The van der Waals surface area contributed by atoms with Crippen LogP contribution in [0.5, 0.6) is 11.8 Å². The van der Waals surface area contributed by atoms with E-state index in [1.54, 1.807) is 30.3 Å². The largest absolute Gasteiger partial charge is 0.424 e. The van der Waals surface area contributed by atoms with Gasteiger partial charge in [-0.05, 0) is 24.3 Å². The number of halogens is 1. The topological polar surface area (TPSA) is 77.8 Å². The molecule has 0 spiro atoms. The predicted molar refractivity (Wildman–Crippen MR) is 73.0 cm³/mol. The maximum Gasteiger partial charge on any atom is 0.328 e. The molecule has 0 radical (unpaired) electrons. The molecule has 3 rings (SSSR count). The highest BCUT2D eigenvalue weighted by molar-refractivity contribution is 5.32. The SMILES string of the molecule is CNc1nc(Oc2ccc(F)cc2)nc(-n2ccnc2)n1. The van der Waals surface area contributed by atoms with E-state index in [1.165, 1.54) is 24.3 Å². The summed E-state index contributed by atoms with van der Waals surface area (Å²) < 4.78 is 20.0. The van der Waals surface area contributed by atoms with Crippen molar-refractivity contribution in [3.63, 3.8) is 0 Å². The van der Waals surface area contributed by atoms with E-state index in [0.717, 1.165) is 0 Å². The van der Waals surface area contributed by atoms with Crippen molar-refractivity contribution >= 4 is 5.95 Å². The lowest BCUT2D eigenvalue weighted by Gasteiger charge is -2.07. The van der Waals surface area contributed by atoms with Crippen LogP contribution in [-0.4, -0.2) is 31.6 Å². The second-order valence-electron chi connectivity index (χ2n) is 4.02. The van der Waals surface area contributed by atoms with Crippen molar-refractivity contribution < 1.29 is 9.13 Å². The first-order valence-corrected chi connectivity index (χ1v) is 6.10. The Balaban J connectivity index is 1.94. The Morgan fingerprint density at radius 3 is 2.62 bits per heavy atom. The van der Waals surface area contributed by atoms with Crippen LogP contribution in [-0.2, 0) is 0 Å². The van der Waals surface area contributed by atoms with E-state index in [1.807, 2.05) is 0 Å². The van der Waals surface area contributed by atoms with Gasteiger partial charge in [-0.15, -0.1) is 0 Å². The summed E-state index contributed by atoms with van der Waals surface area (Å²) in [5, 5.41) is 2.83. The molecular weight excluding hydrogens is 275 g/mol. The molecular formula is C13H11FN6O. The Kier molecular flexibility index (Phi) is 3.42. The number of rotatable bonds is 4. The van der Waals surface area contributed by atoms with E-state index < -0.39 is 0 Å². The predicted octanol–water partition coefficient (Wildman–Crippen LogP) is 2.03. The third kappa shape index (κ3) is 2.94. The van der Waals surface area contributed by atoms with Crippen molar-refractivity contribution in [2.75, 3.05) is 12.4 Å². The first-order chi connectivity index (χ1) is 10.2. The zero-order chi connectivity index (χ0) is 14.7. The summed E-state index contributed by atoms with van der Waals surface area (Å²) >= 11 is 0. The van der Waals surface area contributed by atoms with Crippen LogP contribution in [0, 0.1) is 5.82 Å². The second kappa shape index (κ2) is 5.53. The summed E-state index contributed by atoms with van der Waals surface area (Å²) in [6.45, 7) is 0. The van der Waals surface area contributed by atoms with Gasteiger partial charge in [-0.1, -0.05) is 0 Å². The van der Waals surface area contributed by atoms with E-state index in [4.69, 9.17) is 4.74 Å². The molecule has 0 unspecified atom stereocenters. The van der Waals surface area contributed by atoms with Crippen molar-refractivity contribution in [1.82, 2.24) is 24.5 Å². The molecule has 1 aromatic carbocycles. The third-order valence-electron chi connectivity index (χ3n) is 2.58. The molecule has 0 fully saturated rings. The van der Waals surface area contributed by atoms with Crippen LogP contribution >= 0.6 is 0 Å². The fourth-order valence-electron chi connectivity index (χ4n) is 1.60. The summed E-state index contributed by atoms with van der Waals surface area (Å²) in [6, 6.07) is 5.69. The van der Waals surface area contributed by atoms with E-state index in [2.05, 4.69) is 25.3 Å². The fourth-order valence-corrected chi connectivity index (χ4v) is 1.60. The Morgan fingerprint density at radius 1 is 1.14 bits per heavy atom. The van der Waals surface area contributed by atoms with Crippen molar-refractivity contribution in [2.24, 2.45) is 0 Å². The van der Waals surface area contributed by atoms with Gasteiger partial charge in [0, 0.05) is 19.4 Å². The molecule has 1 N–H and O–H groups in total. The van der Waals surface area contributed by atoms with Crippen molar-refractivity contribution in [1.29, 1.82) is 0 Å². The Hall–Kier alpha value is -3.03. The van der Waals surface area contributed by atoms with Gasteiger partial charge in [0.05, 0.1) is 0 Å². The number of ether oxygens (including phenoxy) is 1. The van der Waals surface area contributed by atoms with E-state index in [0.29, 0.717) is 17.6 Å². The number of imidazole rings is 1. The molecule has 2 heterocycles. The van der Waals surface area contributed by atoms with Crippen LogP contribution in [0.15, 0.2) is 43.0 Å². The maximum atomic E-state index is 12.9.